The molecule has 0 heterocycles. The molecule has 5 unspecified atom stereocenters. The van der Waals surface area contributed by atoms with E-state index in [-0.39, 0.29) is 11.5 Å². The Kier molecular flexibility index (Phi) is 5.21. The molecule has 0 spiro atoms. The molecule has 182 valence electrons. The molecule has 5 aliphatic rings. The van der Waals surface area contributed by atoms with Gasteiger partial charge in [-0.3, -0.25) is 0 Å². The summed E-state index contributed by atoms with van der Waals surface area (Å²) in [6.45, 7) is 22.2. The number of hydrogen-bond acceptors (Lipinski definition) is 1. The summed E-state index contributed by atoms with van der Waals surface area (Å²) in [6, 6.07) is 0. The van der Waals surface area contributed by atoms with Crippen molar-refractivity contribution in [2.75, 3.05) is 0 Å². The Hall–Kier alpha value is -0.300. The molecule has 5 aliphatic carbocycles. The largest absolute Gasteiger partial charge is 0.393 e. The fourth-order valence-electron chi connectivity index (χ4n) is 11.9. The van der Waals surface area contributed by atoms with E-state index in [1.807, 2.05) is 0 Å². The second kappa shape index (κ2) is 7.11. The zero-order chi connectivity index (χ0) is 23.3. The van der Waals surface area contributed by atoms with Gasteiger partial charge in [0.2, 0.25) is 0 Å². The van der Waals surface area contributed by atoms with Gasteiger partial charge in [-0.15, -0.1) is 0 Å². The average molecular weight is 441 g/mol. The summed E-state index contributed by atoms with van der Waals surface area (Å²) in [5, 5.41) is 10.9. The summed E-state index contributed by atoms with van der Waals surface area (Å²) < 4.78 is 0. The van der Waals surface area contributed by atoms with Crippen molar-refractivity contribution in [2.45, 2.75) is 125 Å². The number of hydrogen-bond donors (Lipinski definition) is 1. The fraction of sp³-hybridized carbons (Fsp3) is 0.935. The van der Waals surface area contributed by atoms with Gasteiger partial charge in [-0.2, -0.15) is 0 Å². The van der Waals surface area contributed by atoms with Crippen LogP contribution in [0.1, 0.15) is 119 Å². The molecule has 0 aliphatic heterocycles. The van der Waals surface area contributed by atoms with E-state index in [0.717, 1.165) is 30.1 Å². The van der Waals surface area contributed by atoms with E-state index >= 15 is 0 Å². The van der Waals surface area contributed by atoms with Crippen molar-refractivity contribution < 1.29 is 5.11 Å². The smallest absolute Gasteiger partial charge is 0.0594 e. The van der Waals surface area contributed by atoms with Crippen LogP contribution in [0, 0.1) is 56.7 Å². The first kappa shape index (κ1) is 23.4. The van der Waals surface area contributed by atoms with Gasteiger partial charge >= 0.3 is 0 Å². The maximum absolute atomic E-state index is 10.9. The first-order valence-corrected chi connectivity index (χ1v) is 14.2. The van der Waals surface area contributed by atoms with Crippen molar-refractivity contribution in [1.82, 2.24) is 0 Å². The van der Waals surface area contributed by atoms with Crippen LogP contribution in [-0.4, -0.2) is 11.2 Å². The van der Waals surface area contributed by atoms with Crippen LogP contribution in [0.3, 0.4) is 0 Å². The van der Waals surface area contributed by atoms with Crippen molar-refractivity contribution >= 4 is 0 Å². The van der Waals surface area contributed by atoms with Gasteiger partial charge in [0.05, 0.1) is 6.10 Å². The maximum atomic E-state index is 10.9. The molecule has 0 saturated heterocycles. The van der Waals surface area contributed by atoms with Crippen molar-refractivity contribution in [3.63, 3.8) is 0 Å². The number of rotatable bonds is 2. The molecule has 5 fully saturated rings. The molecule has 0 radical (unpaired) electrons. The topological polar surface area (TPSA) is 20.2 Å². The van der Waals surface area contributed by atoms with Gasteiger partial charge in [-0.05, 0) is 128 Å². The molecular formula is C31H52O. The molecule has 5 rings (SSSR count). The highest BCUT2D eigenvalue weighted by Crippen LogP contribution is 2.77. The van der Waals surface area contributed by atoms with Crippen LogP contribution in [-0.2, 0) is 0 Å². The third kappa shape index (κ3) is 2.67. The Bertz CT molecular complexity index is 781. The third-order valence-corrected chi connectivity index (χ3v) is 13.9. The zero-order valence-corrected chi connectivity index (χ0v) is 22.4. The third-order valence-electron chi connectivity index (χ3n) is 13.9. The van der Waals surface area contributed by atoms with Crippen LogP contribution in [0.2, 0.25) is 0 Å². The van der Waals surface area contributed by atoms with Crippen LogP contribution >= 0.6 is 0 Å². The molecular weight excluding hydrogens is 388 g/mol. The van der Waals surface area contributed by atoms with Crippen LogP contribution in [0.25, 0.3) is 0 Å². The monoisotopic (exact) mass is 440 g/mol. The van der Waals surface area contributed by atoms with Gasteiger partial charge in [0.1, 0.15) is 0 Å². The van der Waals surface area contributed by atoms with Crippen LogP contribution in [0.15, 0.2) is 12.2 Å². The SMILES string of the molecule is C=C(C)C1CC[C@]2(CC)CC[C@]3(C)C(CCC4[C@@]5(C)CC[C@H](O)C(C)(C)C5CC[C@]43C)C12. The van der Waals surface area contributed by atoms with E-state index < -0.39 is 0 Å². The Labute approximate surface area is 199 Å². The van der Waals surface area contributed by atoms with Gasteiger partial charge in [0.15, 0.2) is 0 Å². The lowest BCUT2D eigenvalue weighted by atomic mass is 9.32. The van der Waals surface area contributed by atoms with Crippen molar-refractivity contribution in [3.05, 3.63) is 12.2 Å². The first-order chi connectivity index (χ1) is 14.9. The van der Waals surface area contributed by atoms with Crippen molar-refractivity contribution in [3.8, 4) is 0 Å². The fourth-order valence-corrected chi connectivity index (χ4v) is 11.9. The summed E-state index contributed by atoms with van der Waals surface area (Å²) in [5.41, 5.74) is 3.43. The molecule has 1 nitrogen and oxygen atoms in total. The average Bonchev–Trinajstić information content (AvgIpc) is 3.12. The Balaban J connectivity index is 1.55. The summed E-state index contributed by atoms with van der Waals surface area (Å²) in [4.78, 5) is 0. The van der Waals surface area contributed by atoms with Gasteiger partial charge in [0, 0.05) is 0 Å². The molecule has 0 aromatic carbocycles. The van der Waals surface area contributed by atoms with E-state index in [0.29, 0.717) is 27.6 Å². The standard InChI is InChI=1S/C31H52O/c1-9-31-17-12-21(20(2)3)26(31)22-10-11-24-28(6)15-14-25(32)27(4,5)23(28)13-16-30(24,8)29(22,7)18-19-31/h21-26,32H,2,9-19H2,1,3-8H3/t21?,22?,23?,24?,25-,26?,28-,29+,30+,31+/m0/s1. The molecule has 1 heteroatoms. The molecule has 0 bridgehead atoms. The molecule has 0 amide bonds. The summed E-state index contributed by atoms with van der Waals surface area (Å²) in [7, 11) is 0. The molecule has 0 aromatic rings. The van der Waals surface area contributed by atoms with Crippen molar-refractivity contribution in [2.24, 2.45) is 56.7 Å². The number of aliphatic hydroxyl groups is 1. The number of aliphatic hydroxyl groups excluding tert-OH is 1. The second-order valence-corrected chi connectivity index (χ2v) is 14.8. The van der Waals surface area contributed by atoms with E-state index in [4.69, 9.17) is 0 Å². The number of allylic oxidation sites excluding steroid dienone is 1. The molecule has 0 aromatic heterocycles. The highest BCUT2D eigenvalue weighted by Gasteiger charge is 2.70. The zero-order valence-electron chi connectivity index (χ0n) is 22.4. The Morgan fingerprint density at radius 3 is 2.19 bits per heavy atom. The molecule has 32 heavy (non-hydrogen) atoms. The quantitative estimate of drug-likeness (QED) is 0.427. The summed E-state index contributed by atoms with van der Waals surface area (Å²) in [5.74, 6) is 4.00. The predicted octanol–water partition coefficient (Wildman–Crippen LogP) is 8.41. The van der Waals surface area contributed by atoms with E-state index in [2.05, 4.69) is 55.0 Å². The summed E-state index contributed by atoms with van der Waals surface area (Å²) >= 11 is 0. The van der Waals surface area contributed by atoms with Crippen molar-refractivity contribution in [1.29, 1.82) is 0 Å². The van der Waals surface area contributed by atoms with E-state index in [1.54, 1.807) is 0 Å². The minimum Gasteiger partial charge on any atom is -0.393 e. The Morgan fingerprint density at radius 1 is 0.812 bits per heavy atom. The molecule has 10 atom stereocenters. The predicted molar refractivity (Wildman–Crippen MR) is 135 cm³/mol. The van der Waals surface area contributed by atoms with Crippen LogP contribution in [0.4, 0.5) is 0 Å². The van der Waals surface area contributed by atoms with E-state index in [9.17, 15) is 5.11 Å². The maximum Gasteiger partial charge on any atom is 0.0594 e. The summed E-state index contributed by atoms with van der Waals surface area (Å²) in [6.07, 6.45) is 14.8. The molecule has 1 N–H and O–H groups in total. The lowest BCUT2D eigenvalue weighted by Gasteiger charge is -2.73. The van der Waals surface area contributed by atoms with Crippen LogP contribution < -0.4 is 0 Å². The first-order valence-electron chi connectivity index (χ1n) is 14.2. The minimum absolute atomic E-state index is 0.0620. The Morgan fingerprint density at radius 2 is 1.53 bits per heavy atom. The van der Waals surface area contributed by atoms with Gasteiger partial charge in [0.25, 0.3) is 0 Å². The van der Waals surface area contributed by atoms with Gasteiger partial charge in [-0.1, -0.05) is 60.1 Å². The number of fused-ring (bicyclic) bond motifs is 7. The highest BCUT2D eigenvalue weighted by molar-refractivity contribution is 5.21. The van der Waals surface area contributed by atoms with Crippen LogP contribution in [0.5, 0.6) is 0 Å². The van der Waals surface area contributed by atoms with E-state index in [1.165, 1.54) is 69.8 Å². The minimum atomic E-state index is -0.119. The highest BCUT2D eigenvalue weighted by atomic mass is 16.3. The normalized spacial score (nSPS) is 56.5. The lowest BCUT2D eigenvalue weighted by Crippen LogP contribution is -2.66. The lowest BCUT2D eigenvalue weighted by molar-refractivity contribution is -0.247. The second-order valence-electron chi connectivity index (χ2n) is 14.8. The van der Waals surface area contributed by atoms with Gasteiger partial charge in [-0.25, -0.2) is 0 Å². The van der Waals surface area contributed by atoms with Gasteiger partial charge < -0.3 is 5.11 Å². The molecule has 5 saturated carbocycles.